The van der Waals surface area contributed by atoms with Crippen molar-refractivity contribution in [1.29, 1.82) is 0 Å². The molecule has 2 aromatic carbocycles. The number of aliphatic hydroxyl groups is 1. The van der Waals surface area contributed by atoms with Gasteiger partial charge in [0.15, 0.2) is 0 Å². The van der Waals surface area contributed by atoms with Gasteiger partial charge in [-0.25, -0.2) is 4.98 Å². The van der Waals surface area contributed by atoms with E-state index in [0.717, 1.165) is 16.7 Å². The van der Waals surface area contributed by atoms with Crippen LogP contribution < -0.4 is 5.56 Å². The lowest BCUT2D eigenvalue weighted by atomic mass is 10.1. The molecular formula is C27H31N3O4S. The van der Waals surface area contributed by atoms with Gasteiger partial charge in [-0.15, -0.1) is 11.3 Å². The Hall–Kier alpha value is -2.88. The van der Waals surface area contributed by atoms with Gasteiger partial charge < -0.3 is 19.6 Å². The van der Waals surface area contributed by atoms with Crippen molar-refractivity contribution in [2.75, 3.05) is 33.4 Å². The highest BCUT2D eigenvalue weighted by atomic mass is 32.1. The molecule has 184 valence electrons. The van der Waals surface area contributed by atoms with Crippen LogP contribution in [0.5, 0.6) is 0 Å². The summed E-state index contributed by atoms with van der Waals surface area (Å²) < 4.78 is 10.9. The van der Waals surface area contributed by atoms with Crippen LogP contribution >= 0.6 is 11.3 Å². The number of nitrogens with one attached hydrogen (secondary N) is 1. The second-order valence-corrected chi connectivity index (χ2v) is 9.45. The molecule has 7 nitrogen and oxygen atoms in total. The van der Waals surface area contributed by atoms with Crippen molar-refractivity contribution in [2.24, 2.45) is 0 Å². The van der Waals surface area contributed by atoms with E-state index in [0.29, 0.717) is 48.9 Å². The molecule has 0 saturated carbocycles. The molecule has 2 heterocycles. The number of aliphatic hydroxyl groups excluding tert-OH is 1. The topological polar surface area (TPSA) is 87.7 Å². The van der Waals surface area contributed by atoms with Crippen LogP contribution in [0.2, 0.25) is 0 Å². The minimum Gasteiger partial charge on any atom is -0.389 e. The Balaban J connectivity index is 1.43. The molecule has 35 heavy (non-hydrogen) atoms. The number of hydrogen-bond acceptors (Lipinski definition) is 7. The normalized spacial score (nSPS) is 12.5. The van der Waals surface area contributed by atoms with Gasteiger partial charge in [-0.1, -0.05) is 60.2 Å². The van der Waals surface area contributed by atoms with Crippen molar-refractivity contribution >= 4 is 21.6 Å². The maximum atomic E-state index is 13.0. The molecule has 0 unspecified atom stereocenters. The quantitative estimate of drug-likeness (QED) is 0.310. The van der Waals surface area contributed by atoms with Crippen LogP contribution in [-0.4, -0.2) is 59.5 Å². The first-order valence-electron chi connectivity index (χ1n) is 11.6. The van der Waals surface area contributed by atoms with Crippen LogP contribution in [-0.2, 0) is 22.6 Å². The Morgan fingerprint density at radius 1 is 1.14 bits per heavy atom. The van der Waals surface area contributed by atoms with Gasteiger partial charge in [0, 0.05) is 31.1 Å². The van der Waals surface area contributed by atoms with E-state index in [2.05, 4.69) is 4.98 Å². The second kappa shape index (κ2) is 12.2. The highest BCUT2D eigenvalue weighted by Gasteiger charge is 2.17. The summed E-state index contributed by atoms with van der Waals surface area (Å²) in [6.45, 7) is 4.56. The summed E-state index contributed by atoms with van der Waals surface area (Å²) in [6.07, 6.45) is -0.680. The van der Waals surface area contributed by atoms with E-state index in [1.54, 1.807) is 7.11 Å². The number of nitrogens with zero attached hydrogens (tertiary/aromatic N) is 2. The summed E-state index contributed by atoms with van der Waals surface area (Å²) in [6, 6.07) is 18.0. The number of aromatic amines is 1. The van der Waals surface area contributed by atoms with E-state index < -0.39 is 6.10 Å². The maximum Gasteiger partial charge on any atom is 0.260 e. The first-order chi connectivity index (χ1) is 17.0. The summed E-state index contributed by atoms with van der Waals surface area (Å²) in [4.78, 5) is 23.4. The van der Waals surface area contributed by atoms with Gasteiger partial charge in [-0.2, -0.15) is 0 Å². The van der Waals surface area contributed by atoms with Crippen LogP contribution in [0.15, 0.2) is 64.8 Å². The third-order valence-corrected chi connectivity index (χ3v) is 6.60. The molecule has 8 heteroatoms. The second-order valence-electron chi connectivity index (χ2n) is 8.59. The minimum atomic E-state index is -0.680. The molecular weight excluding hydrogens is 462 g/mol. The number of ether oxygens (including phenoxy) is 2. The van der Waals surface area contributed by atoms with Crippen molar-refractivity contribution in [3.8, 4) is 11.1 Å². The van der Waals surface area contributed by atoms with Gasteiger partial charge in [-0.3, -0.25) is 9.69 Å². The van der Waals surface area contributed by atoms with Gasteiger partial charge in [0.05, 0.1) is 37.9 Å². The van der Waals surface area contributed by atoms with Crippen molar-refractivity contribution in [3.05, 3.63) is 87.3 Å². The molecule has 2 aromatic heterocycles. The Morgan fingerprint density at radius 2 is 1.91 bits per heavy atom. The lowest BCUT2D eigenvalue weighted by molar-refractivity contribution is 0.00437. The lowest BCUT2D eigenvalue weighted by Crippen LogP contribution is -2.37. The average Bonchev–Trinajstić information content (AvgIpc) is 3.28. The summed E-state index contributed by atoms with van der Waals surface area (Å²) in [7, 11) is 1.64. The van der Waals surface area contributed by atoms with E-state index in [1.165, 1.54) is 16.9 Å². The number of rotatable bonds is 12. The lowest BCUT2D eigenvalue weighted by Gasteiger charge is -2.24. The van der Waals surface area contributed by atoms with Crippen molar-refractivity contribution < 1.29 is 14.6 Å². The molecule has 4 rings (SSSR count). The zero-order valence-electron chi connectivity index (χ0n) is 20.1. The number of thiophene rings is 1. The van der Waals surface area contributed by atoms with Gasteiger partial charge in [0.2, 0.25) is 0 Å². The Morgan fingerprint density at radius 3 is 2.66 bits per heavy atom. The molecule has 4 aromatic rings. The molecule has 0 aliphatic carbocycles. The number of fused-ring (bicyclic) bond motifs is 1. The number of hydrogen-bond donors (Lipinski definition) is 2. The molecule has 2 N–H and O–H groups in total. The Kier molecular flexibility index (Phi) is 8.79. The first kappa shape index (κ1) is 25.2. The number of methoxy groups -OCH3 is 1. The average molecular weight is 494 g/mol. The zero-order chi connectivity index (χ0) is 24.6. The number of benzene rings is 2. The summed E-state index contributed by atoms with van der Waals surface area (Å²) in [5.41, 5.74) is 3.98. The predicted octanol–water partition coefficient (Wildman–Crippen LogP) is 3.99. The van der Waals surface area contributed by atoms with Crippen molar-refractivity contribution in [2.45, 2.75) is 26.2 Å². The fourth-order valence-corrected chi connectivity index (χ4v) is 4.89. The molecule has 0 fully saturated rings. The standard InChI is InChI=1S/C27H31N3O4S/c1-19-8-10-21(11-9-19)23-18-35-27-25(23)26(32)28-24(29-27)15-30(12-13-33-2)14-22(31)17-34-16-20-6-4-3-5-7-20/h3-11,18,22,31H,12-17H2,1-2H3,(H,28,29,32)/t22-/m0/s1. The van der Waals surface area contributed by atoms with Crippen LogP contribution in [0, 0.1) is 6.92 Å². The van der Waals surface area contributed by atoms with Gasteiger partial charge >= 0.3 is 0 Å². The van der Waals surface area contributed by atoms with E-state index in [-0.39, 0.29) is 12.2 Å². The monoisotopic (exact) mass is 493 g/mol. The van der Waals surface area contributed by atoms with E-state index in [9.17, 15) is 9.90 Å². The van der Waals surface area contributed by atoms with Crippen molar-refractivity contribution in [1.82, 2.24) is 14.9 Å². The van der Waals surface area contributed by atoms with E-state index in [4.69, 9.17) is 14.5 Å². The minimum absolute atomic E-state index is 0.153. The first-order valence-corrected chi connectivity index (χ1v) is 12.5. The molecule has 0 aliphatic heterocycles. The zero-order valence-corrected chi connectivity index (χ0v) is 20.9. The molecule has 0 spiro atoms. The van der Waals surface area contributed by atoms with Gasteiger partial charge in [-0.05, 0) is 18.1 Å². The third-order valence-electron chi connectivity index (χ3n) is 5.73. The molecule has 0 aliphatic rings. The fraction of sp³-hybridized carbons (Fsp3) is 0.333. The number of aromatic nitrogens is 2. The predicted molar refractivity (Wildman–Crippen MR) is 140 cm³/mol. The SMILES string of the molecule is COCCN(Cc1nc2scc(-c3ccc(C)cc3)c2c(=O)[nH]1)C[C@H](O)COCc1ccccc1. The van der Waals surface area contributed by atoms with Crippen LogP contribution in [0.3, 0.4) is 0 Å². The Bertz CT molecular complexity index is 1270. The molecule has 0 amide bonds. The number of H-pyrrole nitrogens is 1. The highest BCUT2D eigenvalue weighted by Crippen LogP contribution is 2.30. The summed E-state index contributed by atoms with van der Waals surface area (Å²) in [5, 5.41) is 13.1. The van der Waals surface area contributed by atoms with Crippen molar-refractivity contribution in [3.63, 3.8) is 0 Å². The molecule has 0 radical (unpaired) electrons. The van der Waals surface area contributed by atoms with Gasteiger partial charge in [0.1, 0.15) is 10.7 Å². The number of aryl methyl sites for hydroxylation is 1. The summed E-state index contributed by atoms with van der Waals surface area (Å²) >= 11 is 1.47. The van der Waals surface area contributed by atoms with Gasteiger partial charge in [0.25, 0.3) is 5.56 Å². The van der Waals surface area contributed by atoms with E-state index >= 15 is 0 Å². The van der Waals surface area contributed by atoms with Crippen LogP contribution in [0.4, 0.5) is 0 Å². The van der Waals surface area contributed by atoms with Crippen LogP contribution in [0.1, 0.15) is 17.0 Å². The smallest absolute Gasteiger partial charge is 0.260 e. The largest absolute Gasteiger partial charge is 0.389 e. The molecule has 0 saturated heterocycles. The van der Waals surface area contributed by atoms with E-state index in [1.807, 2.05) is 71.8 Å². The Labute approximate surface area is 209 Å². The van der Waals surface area contributed by atoms with Crippen LogP contribution in [0.25, 0.3) is 21.3 Å². The fourth-order valence-electron chi connectivity index (χ4n) is 3.92. The molecule has 0 bridgehead atoms. The third kappa shape index (κ3) is 6.84. The molecule has 1 atom stereocenters. The maximum absolute atomic E-state index is 13.0. The highest BCUT2D eigenvalue weighted by molar-refractivity contribution is 7.17. The summed E-state index contributed by atoms with van der Waals surface area (Å²) in [5.74, 6) is 0.563.